The molecule has 0 spiro atoms. The van der Waals surface area contributed by atoms with E-state index in [-0.39, 0.29) is 0 Å². The Morgan fingerprint density at radius 3 is 2.50 bits per heavy atom. The molecule has 2 aliphatic rings. The van der Waals surface area contributed by atoms with Crippen LogP contribution < -0.4 is 0 Å². The lowest BCUT2D eigenvalue weighted by molar-refractivity contribution is 0.325. The topological polar surface area (TPSA) is 0 Å². The molecular weight excluding hydrogens is 192 g/mol. The van der Waals surface area contributed by atoms with Crippen LogP contribution in [0.1, 0.15) is 41.0 Å². The number of fused-ring (bicyclic) bond motifs is 1. The highest BCUT2D eigenvalue weighted by atomic mass is 14.4. The molecule has 0 aliphatic heterocycles. The van der Waals surface area contributed by atoms with Gasteiger partial charge in [0.25, 0.3) is 0 Å². The van der Waals surface area contributed by atoms with Crippen molar-refractivity contribution in [1.29, 1.82) is 0 Å². The minimum Gasteiger partial charge on any atom is -0.0659 e. The first-order chi connectivity index (χ1) is 7.50. The van der Waals surface area contributed by atoms with Gasteiger partial charge < -0.3 is 0 Å². The summed E-state index contributed by atoms with van der Waals surface area (Å²) in [6, 6.07) is 0. The second-order valence-electron chi connectivity index (χ2n) is 5.95. The van der Waals surface area contributed by atoms with E-state index < -0.39 is 0 Å². The number of hydrogen-bond donors (Lipinski definition) is 0. The Balaban J connectivity index is 2.35. The maximum atomic E-state index is 2.41. The first-order valence-electron chi connectivity index (χ1n) is 6.57. The molecule has 0 saturated heterocycles. The van der Waals surface area contributed by atoms with Crippen molar-refractivity contribution in [2.75, 3.05) is 0 Å². The molecule has 0 heteroatoms. The van der Waals surface area contributed by atoms with Crippen molar-refractivity contribution in [3.05, 3.63) is 34.9 Å². The van der Waals surface area contributed by atoms with Gasteiger partial charge in [0.15, 0.2) is 0 Å². The van der Waals surface area contributed by atoms with Gasteiger partial charge in [0, 0.05) is 5.92 Å². The van der Waals surface area contributed by atoms with Crippen molar-refractivity contribution >= 4 is 0 Å². The van der Waals surface area contributed by atoms with Gasteiger partial charge in [-0.2, -0.15) is 0 Å². The van der Waals surface area contributed by atoms with E-state index in [2.05, 4.69) is 52.8 Å². The van der Waals surface area contributed by atoms with Crippen LogP contribution in [0.5, 0.6) is 0 Å². The molecule has 0 aromatic rings. The zero-order valence-electron chi connectivity index (χ0n) is 11.2. The van der Waals surface area contributed by atoms with Crippen LogP contribution in [0, 0.1) is 23.7 Å². The van der Waals surface area contributed by atoms with Crippen LogP contribution in [0.15, 0.2) is 34.9 Å². The van der Waals surface area contributed by atoms with Gasteiger partial charge >= 0.3 is 0 Å². The normalized spacial score (nSPS) is 34.1. The second kappa shape index (κ2) is 4.24. The molecule has 2 rings (SSSR count). The summed E-state index contributed by atoms with van der Waals surface area (Å²) in [4.78, 5) is 0. The predicted molar refractivity (Wildman–Crippen MR) is 71.2 cm³/mol. The highest BCUT2D eigenvalue weighted by molar-refractivity contribution is 5.39. The van der Waals surface area contributed by atoms with E-state index in [0.717, 1.165) is 23.7 Å². The van der Waals surface area contributed by atoms with Crippen molar-refractivity contribution in [2.24, 2.45) is 23.7 Å². The lowest BCUT2D eigenvalue weighted by atomic mass is 9.86. The molecule has 0 amide bonds. The quantitative estimate of drug-likeness (QED) is 0.593. The van der Waals surface area contributed by atoms with Gasteiger partial charge in [0.05, 0.1) is 0 Å². The summed E-state index contributed by atoms with van der Waals surface area (Å²) in [6.45, 7) is 11.7. The van der Waals surface area contributed by atoms with Crippen molar-refractivity contribution in [2.45, 2.75) is 41.0 Å². The predicted octanol–water partition coefficient (Wildman–Crippen LogP) is 4.75. The molecule has 3 atom stereocenters. The summed E-state index contributed by atoms with van der Waals surface area (Å²) in [7, 11) is 0. The fourth-order valence-electron chi connectivity index (χ4n) is 3.48. The van der Waals surface area contributed by atoms with Crippen LogP contribution in [-0.2, 0) is 0 Å². The molecule has 0 nitrogen and oxygen atoms in total. The molecule has 16 heavy (non-hydrogen) atoms. The van der Waals surface area contributed by atoms with Crippen molar-refractivity contribution in [1.82, 2.24) is 0 Å². The summed E-state index contributed by atoms with van der Waals surface area (Å²) < 4.78 is 0. The van der Waals surface area contributed by atoms with E-state index >= 15 is 0 Å². The molecule has 1 fully saturated rings. The fraction of sp³-hybridized carbons (Fsp3) is 0.625. The van der Waals surface area contributed by atoms with Gasteiger partial charge in [0.2, 0.25) is 0 Å². The first-order valence-corrected chi connectivity index (χ1v) is 6.57. The molecular formula is C16H24. The second-order valence-corrected chi connectivity index (χ2v) is 5.95. The van der Waals surface area contributed by atoms with Gasteiger partial charge in [-0.15, -0.1) is 0 Å². The maximum Gasteiger partial charge on any atom is 0.00162 e. The molecule has 2 aliphatic carbocycles. The molecule has 88 valence electrons. The molecule has 1 saturated carbocycles. The first kappa shape index (κ1) is 11.7. The Morgan fingerprint density at radius 2 is 1.88 bits per heavy atom. The highest BCUT2D eigenvalue weighted by Gasteiger charge is 2.37. The van der Waals surface area contributed by atoms with Gasteiger partial charge in [-0.25, -0.2) is 0 Å². The summed E-state index contributed by atoms with van der Waals surface area (Å²) in [5.74, 6) is 3.15. The summed E-state index contributed by atoms with van der Waals surface area (Å²) in [6.07, 6.45) is 8.40. The van der Waals surface area contributed by atoms with Crippen LogP contribution in [0.3, 0.4) is 0 Å². The van der Waals surface area contributed by atoms with Crippen LogP contribution in [0.2, 0.25) is 0 Å². The average molecular weight is 216 g/mol. The molecule has 0 aromatic heterocycles. The Bertz CT molecular complexity index is 365. The Morgan fingerprint density at radius 1 is 1.19 bits per heavy atom. The van der Waals surface area contributed by atoms with Gasteiger partial charge in [-0.1, -0.05) is 55.7 Å². The molecule has 0 bridgehead atoms. The minimum absolute atomic E-state index is 0.719. The Labute approximate surface area is 100 Å². The minimum atomic E-state index is 0.719. The van der Waals surface area contributed by atoms with E-state index in [1.165, 1.54) is 12.0 Å². The summed E-state index contributed by atoms with van der Waals surface area (Å²) in [5, 5.41) is 0. The van der Waals surface area contributed by atoms with Crippen molar-refractivity contribution < 1.29 is 0 Å². The van der Waals surface area contributed by atoms with Crippen molar-refractivity contribution in [3.8, 4) is 0 Å². The fourth-order valence-corrected chi connectivity index (χ4v) is 3.48. The molecule has 0 N–H and O–H groups in total. The Hall–Kier alpha value is -0.780. The average Bonchev–Trinajstić information content (AvgIpc) is 2.45. The number of rotatable bonds is 1. The van der Waals surface area contributed by atoms with Crippen LogP contribution in [-0.4, -0.2) is 0 Å². The van der Waals surface area contributed by atoms with Crippen LogP contribution in [0.25, 0.3) is 0 Å². The zero-order valence-corrected chi connectivity index (χ0v) is 11.2. The van der Waals surface area contributed by atoms with Gasteiger partial charge in [-0.05, 0) is 38.0 Å². The molecule has 3 unspecified atom stereocenters. The smallest absolute Gasteiger partial charge is 0.00162 e. The zero-order chi connectivity index (χ0) is 11.9. The van der Waals surface area contributed by atoms with Gasteiger partial charge in [-0.3, -0.25) is 0 Å². The van der Waals surface area contributed by atoms with Crippen LogP contribution in [0.4, 0.5) is 0 Å². The van der Waals surface area contributed by atoms with E-state index in [1.54, 1.807) is 11.1 Å². The molecule has 0 heterocycles. The standard InChI is InChI=1S/C16H24/c1-10(2)15-9-16-12(4)8-11(3)6-7-14(16)13(15)5/h6-8,10,13,15-16H,9H2,1-5H3. The van der Waals surface area contributed by atoms with E-state index in [9.17, 15) is 0 Å². The van der Waals surface area contributed by atoms with Crippen molar-refractivity contribution in [3.63, 3.8) is 0 Å². The van der Waals surface area contributed by atoms with E-state index in [1.807, 2.05) is 0 Å². The number of hydrogen-bond acceptors (Lipinski definition) is 0. The third kappa shape index (κ3) is 1.90. The molecule has 0 radical (unpaired) electrons. The largest absolute Gasteiger partial charge is 0.0659 e. The van der Waals surface area contributed by atoms with Gasteiger partial charge in [0.1, 0.15) is 0 Å². The summed E-state index contributed by atoms with van der Waals surface area (Å²) >= 11 is 0. The lowest BCUT2D eigenvalue weighted by Crippen LogP contribution is -2.11. The monoisotopic (exact) mass is 216 g/mol. The SMILES string of the molecule is CC1=CC=C2C(CC(C(C)C)C2C)C(C)=C1. The highest BCUT2D eigenvalue weighted by Crippen LogP contribution is 2.48. The van der Waals surface area contributed by atoms with E-state index in [4.69, 9.17) is 0 Å². The Kier molecular flexibility index (Phi) is 3.10. The van der Waals surface area contributed by atoms with E-state index in [0.29, 0.717) is 0 Å². The summed E-state index contributed by atoms with van der Waals surface area (Å²) in [5.41, 5.74) is 4.63. The third-order valence-electron chi connectivity index (χ3n) is 4.48. The van der Waals surface area contributed by atoms with Crippen LogP contribution >= 0.6 is 0 Å². The molecule has 0 aromatic carbocycles. The third-order valence-corrected chi connectivity index (χ3v) is 4.48. The number of allylic oxidation sites excluding steroid dienone is 6. The lowest BCUT2D eigenvalue weighted by Gasteiger charge is -2.19. The maximum absolute atomic E-state index is 2.41.